The molecular weight excluding hydrogens is 264 g/mol. The Balaban J connectivity index is 2.06. The van der Waals surface area contributed by atoms with Gasteiger partial charge in [0, 0.05) is 31.9 Å². The first-order chi connectivity index (χ1) is 8.98. The first-order valence-electron chi connectivity index (χ1n) is 5.81. The molecule has 1 heterocycles. The number of aryl methyl sites for hydroxylation is 1. The van der Waals surface area contributed by atoms with E-state index in [1.54, 1.807) is 29.1 Å². The lowest BCUT2D eigenvalue weighted by Crippen LogP contribution is -2.16. The van der Waals surface area contributed by atoms with E-state index in [1.807, 2.05) is 13.1 Å². The van der Waals surface area contributed by atoms with Crippen LogP contribution in [0, 0.1) is 0 Å². The van der Waals surface area contributed by atoms with Crippen molar-refractivity contribution in [2.75, 3.05) is 11.9 Å². The van der Waals surface area contributed by atoms with Crippen molar-refractivity contribution in [1.82, 2.24) is 9.78 Å². The molecule has 0 unspecified atom stereocenters. The molecule has 2 aromatic rings. The van der Waals surface area contributed by atoms with Crippen LogP contribution in [0.2, 0.25) is 0 Å². The van der Waals surface area contributed by atoms with Crippen molar-refractivity contribution in [1.29, 1.82) is 0 Å². The fraction of sp³-hybridized carbons (Fsp3) is 0.250. The highest BCUT2D eigenvalue weighted by Gasteiger charge is 2.12. The normalized spacial score (nSPS) is 11.5. The number of nitrogens with two attached hydrogens (primary N) is 1. The maximum Gasteiger partial charge on any atom is 0.240 e. The molecule has 0 fully saturated rings. The average Bonchev–Trinajstić information content (AvgIpc) is 2.75. The first kappa shape index (κ1) is 13.6. The zero-order chi connectivity index (χ0) is 13.9. The predicted octanol–water partition coefficient (Wildman–Crippen LogP) is 0.722. The average molecular weight is 280 g/mol. The van der Waals surface area contributed by atoms with Gasteiger partial charge in [-0.1, -0.05) is 12.1 Å². The molecule has 0 aliphatic heterocycles. The van der Waals surface area contributed by atoms with E-state index in [9.17, 15) is 8.42 Å². The summed E-state index contributed by atoms with van der Waals surface area (Å²) in [5.41, 5.74) is 1.59. The number of benzene rings is 1. The summed E-state index contributed by atoms with van der Waals surface area (Å²) in [5.74, 6) is 0. The lowest BCUT2D eigenvalue weighted by Gasteiger charge is -2.10. The van der Waals surface area contributed by atoms with Crippen molar-refractivity contribution >= 4 is 15.7 Å². The minimum Gasteiger partial charge on any atom is -0.384 e. The molecule has 2 rings (SSSR count). The summed E-state index contributed by atoms with van der Waals surface area (Å²) in [6.45, 7) is 0.603. The van der Waals surface area contributed by atoms with Crippen LogP contribution in [0.5, 0.6) is 0 Å². The topological polar surface area (TPSA) is 90.0 Å². The molecule has 19 heavy (non-hydrogen) atoms. The molecule has 0 atom stereocenters. The molecule has 1 aromatic heterocycles. The van der Waals surface area contributed by atoms with Crippen LogP contribution >= 0.6 is 0 Å². The third-order valence-corrected chi connectivity index (χ3v) is 3.78. The number of aromatic nitrogens is 2. The SMILES string of the molecule is Cn1nccc1CCNc1ccccc1S(N)(=O)=O. The van der Waals surface area contributed by atoms with Gasteiger partial charge in [0.25, 0.3) is 0 Å². The highest BCUT2D eigenvalue weighted by molar-refractivity contribution is 7.89. The van der Waals surface area contributed by atoms with Gasteiger partial charge in [-0.15, -0.1) is 0 Å². The number of hydrogen-bond donors (Lipinski definition) is 2. The molecule has 0 spiro atoms. The van der Waals surface area contributed by atoms with Crippen molar-refractivity contribution in [3.63, 3.8) is 0 Å². The summed E-state index contributed by atoms with van der Waals surface area (Å²) in [6.07, 6.45) is 2.48. The Kier molecular flexibility index (Phi) is 3.87. The van der Waals surface area contributed by atoms with E-state index in [4.69, 9.17) is 5.14 Å². The van der Waals surface area contributed by atoms with E-state index in [1.165, 1.54) is 6.07 Å². The molecule has 0 saturated carbocycles. The molecule has 0 radical (unpaired) electrons. The number of primary sulfonamides is 1. The van der Waals surface area contributed by atoms with Gasteiger partial charge in [-0.25, -0.2) is 13.6 Å². The maximum absolute atomic E-state index is 11.4. The highest BCUT2D eigenvalue weighted by atomic mass is 32.2. The molecule has 1 aromatic carbocycles. The molecule has 0 aliphatic rings. The largest absolute Gasteiger partial charge is 0.384 e. The van der Waals surface area contributed by atoms with Crippen LogP contribution in [0.3, 0.4) is 0 Å². The van der Waals surface area contributed by atoms with Gasteiger partial charge in [-0.05, 0) is 18.2 Å². The number of hydrogen-bond acceptors (Lipinski definition) is 4. The van der Waals surface area contributed by atoms with Crippen LogP contribution in [0.4, 0.5) is 5.69 Å². The number of nitrogens with zero attached hydrogens (tertiary/aromatic N) is 2. The van der Waals surface area contributed by atoms with E-state index >= 15 is 0 Å². The van der Waals surface area contributed by atoms with E-state index in [0.29, 0.717) is 12.2 Å². The quantitative estimate of drug-likeness (QED) is 0.844. The van der Waals surface area contributed by atoms with E-state index < -0.39 is 10.0 Å². The minimum absolute atomic E-state index is 0.111. The number of rotatable bonds is 5. The van der Waals surface area contributed by atoms with E-state index in [2.05, 4.69) is 10.4 Å². The summed E-state index contributed by atoms with van der Waals surface area (Å²) >= 11 is 0. The van der Waals surface area contributed by atoms with E-state index in [-0.39, 0.29) is 4.90 Å². The van der Waals surface area contributed by atoms with Gasteiger partial charge < -0.3 is 5.32 Å². The summed E-state index contributed by atoms with van der Waals surface area (Å²) < 4.78 is 24.6. The monoisotopic (exact) mass is 280 g/mol. The molecule has 0 saturated heterocycles. The first-order valence-corrected chi connectivity index (χ1v) is 7.35. The Morgan fingerprint density at radius 2 is 2.05 bits per heavy atom. The molecular formula is C12H16N4O2S. The van der Waals surface area contributed by atoms with E-state index in [0.717, 1.165) is 12.1 Å². The second-order valence-electron chi connectivity index (χ2n) is 4.16. The third kappa shape index (κ3) is 3.33. The molecule has 102 valence electrons. The van der Waals surface area contributed by atoms with Gasteiger partial charge in [0.05, 0.1) is 5.69 Å². The summed E-state index contributed by atoms with van der Waals surface area (Å²) in [7, 11) is -1.84. The van der Waals surface area contributed by atoms with Gasteiger partial charge in [0.2, 0.25) is 10.0 Å². The summed E-state index contributed by atoms with van der Waals surface area (Å²) in [6, 6.07) is 8.52. The Hall–Kier alpha value is -1.86. The van der Waals surface area contributed by atoms with Crippen LogP contribution in [-0.2, 0) is 23.5 Å². The molecule has 3 N–H and O–H groups in total. The van der Waals surface area contributed by atoms with Crippen LogP contribution in [0.15, 0.2) is 41.4 Å². The van der Waals surface area contributed by atoms with Crippen molar-refractivity contribution in [2.24, 2.45) is 12.2 Å². The van der Waals surface area contributed by atoms with Gasteiger partial charge in [0.1, 0.15) is 4.90 Å². The molecule has 0 amide bonds. The Bertz CT molecular complexity index is 664. The number of sulfonamides is 1. The predicted molar refractivity (Wildman–Crippen MR) is 73.2 cm³/mol. The lowest BCUT2D eigenvalue weighted by atomic mass is 10.3. The zero-order valence-corrected chi connectivity index (χ0v) is 11.4. The Labute approximate surface area is 112 Å². The molecule has 0 bridgehead atoms. The van der Waals surface area contributed by atoms with Crippen molar-refractivity contribution in [3.8, 4) is 0 Å². The fourth-order valence-corrected chi connectivity index (χ4v) is 2.55. The van der Waals surface area contributed by atoms with Gasteiger partial charge in [-0.3, -0.25) is 4.68 Å². The summed E-state index contributed by atoms with van der Waals surface area (Å²) in [5, 5.41) is 12.3. The second kappa shape index (κ2) is 5.41. The fourth-order valence-electron chi connectivity index (χ4n) is 1.83. The van der Waals surface area contributed by atoms with Crippen molar-refractivity contribution in [3.05, 3.63) is 42.2 Å². The molecule has 0 aliphatic carbocycles. The zero-order valence-electron chi connectivity index (χ0n) is 10.6. The number of anilines is 1. The second-order valence-corrected chi connectivity index (χ2v) is 5.69. The van der Waals surface area contributed by atoms with Crippen molar-refractivity contribution in [2.45, 2.75) is 11.3 Å². The standard InChI is InChI=1S/C12H16N4O2S/c1-16-10(7-9-15-16)6-8-14-11-4-2-3-5-12(11)19(13,17)18/h2-5,7,9,14H,6,8H2,1H3,(H2,13,17,18). The van der Waals surface area contributed by atoms with Gasteiger partial charge in [-0.2, -0.15) is 5.10 Å². The third-order valence-electron chi connectivity index (χ3n) is 2.81. The Morgan fingerprint density at radius 3 is 2.68 bits per heavy atom. The minimum atomic E-state index is -3.71. The van der Waals surface area contributed by atoms with Crippen LogP contribution in [0.1, 0.15) is 5.69 Å². The number of para-hydroxylation sites is 1. The highest BCUT2D eigenvalue weighted by Crippen LogP contribution is 2.19. The number of nitrogens with one attached hydrogen (secondary N) is 1. The van der Waals surface area contributed by atoms with Crippen LogP contribution in [-0.4, -0.2) is 24.7 Å². The van der Waals surface area contributed by atoms with Crippen LogP contribution < -0.4 is 10.5 Å². The smallest absolute Gasteiger partial charge is 0.240 e. The Morgan fingerprint density at radius 1 is 1.32 bits per heavy atom. The summed E-state index contributed by atoms with van der Waals surface area (Å²) in [4.78, 5) is 0.111. The van der Waals surface area contributed by atoms with Crippen molar-refractivity contribution < 1.29 is 8.42 Å². The van der Waals surface area contributed by atoms with Gasteiger partial charge in [0.15, 0.2) is 0 Å². The molecule has 6 nitrogen and oxygen atoms in total. The van der Waals surface area contributed by atoms with Gasteiger partial charge >= 0.3 is 0 Å². The van der Waals surface area contributed by atoms with Crippen LogP contribution in [0.25, 0.3) is 0 Å². The molecule has 7 heteroatoms. The maximum atomic E-state index is 11.4. The lowest BCUT2D eigenvalue weighted by molar-refractivity contribution is 0.598.